The molecule has 0 aliphatic carbocycles. The second-order valence-electron chi connectivity index (χ2n) is 4.21. The van der Waals surface area contributed by atoms with Gasteiger partial charge in [0.2, 0.25) is 0 Å². The molecule has 0 radical (unpaired) electrons. The maximum absolute atomic E-state index is 13.4. The summed E-state index contributed by atoms with van der Waals surface area (Å²) >= 11 is 0. The van der Waals surface area contributed by atoms with Crippen molar-refractivity contribution in [1.82, 2.24) is 5.32 Å². The Labute approximate surface area is 115 Å². The zero-order chi connectivity index (χ0) is 15.5. The molecule has 0 fully saturated rings. The number of carbonyl (C=O) groups is 1. The molecule has 0 aromatic heterocycles. The van der Waals surface area contributed by atoms with Crippen LogP contribution in [0.4, 0.5) is 17.6 Å². The summed E-state index contributed by atoms with van der Waals surface area (Å²) < 4.78 is 62.0. The molecule has 2 unspecified atom stereocenters. The van der Waals surface area contributed by atoms with Gasteiger partial charge in [-0.2, -0.15) is 13.2 Å². The molecule has 0 saturated heterocycles. The predicted molar refractivity (Wildman–Crippen MR) is 67.3 cm³/mol. The minimum Gasteiger partial charge on any atom is -0.351 e. The van der Waals surface area contributed by atoms with Crippen LogP contribution in [0.1, 0.15) is 22.8 Å². The van der Waals surface area contributed by atoms with Gasteiger partial charge in [0.1, 0.15) is 5.82 Å². The highest BCUT2D eigenvalue weighted by atomic mass is 32.2. The van der Waals surface area contributed by atoms with Crippen molar-refractivity contribution < 1.29 is 26.6 Å². The standard InChI is InChI=1S/C12H13F4NO2S/c1-7(20(2)19)6-17-11(18)9-5-8(12(14,15)16)3-4-10(9)13/h3-5,7H,6H2,1-2H3,(H,17,18). The van der Waals surface area contributed by atoms with Gasteiger partial charge in [0.05, 0.1) is 11.1 Å². The molecular formula is C12H13F4NO2S. The summed E-state index contributed by atoms with van der Waals surface area (Å²) in [5.41, 5.74) is -1.79. The first-order chi connectivity index (χ1) is 9.12. The van der Waals surface area contributed by atoms with Gasteiger partial charge < -0.3 is 5.32 Å². The van der Waals surface area contributed by atoms with E-state index >= 15 is 0 Å². The molecule has 3 nitrogen and oxygen atoms in total. The monoisotopic (exact) mass is 311 g/mol. The number of hydrogen-bond donors (Lipinski definition) is 1. The third-order valence-corrected chi connectivity index (χ3v) is 3.95. The van der Waals surface area contributed by atoms with Crippen LogP contribution >= 0.6 is 0 Å². The average molecular weight is 311 g/mol. The molecule has 112 valence electrons. The molecule has 0 saturated carbocycles. The topological polar surface area (TPSA) is 46.2 Å². The highest BCUT2D eigenvalue weighted by Crippen LogP contribution is 2.30. The molecule has 1 amide bonds. The van der Waals surface area contributed by atoms with Gasteiger partial charge in [-0.3, -0.25) is 9.00 Å². The van der Waals surface area contributed by atoms with Crippen LogP contribution in [0.25, 0.3) is 0 Å². The third-order valence-electron chi connectivity index (χ3n) is 2.66. The lowest BCUT2D eigenvalue weighted by Gasteiger charge is -2.12. The Hall–Kier alpha value is -1.44. The Morgan fingerprint density at radius 3 is 2.50 bits per heavy atom. The van der Waals surface area contributed by atoms with Crippen molar-refractivity contribution in [3.8, 4) is 0 Å². The second-order valence-corrected chi connectivity index (χ2v) is 6.01. The van der Waals surface area contributed by atoms with Crippen molar-refractivity contribution >= 4 is 16.7 Å². The summed E-state index contributed by atoms with van der Waals surface area (Å²) in [6.07, 6.45) is -3.22. The summed E-state index contributed by atoms with van der Waals surface area (Å²) in [5, 5.41) is 1.88. The normalized spacial score (nSPS) is 14.7. The number of alkyl halides is 3. The molecule has 0 heterocycles. The van der Waals surface area contributed by atoms with Crippen LogP contribution in [0.3, 0.4) is 0 Å². The largest absolute Gasteiger partial charge is 0.416 e. The highest BCUT2D eigenvalue weighted by molar-refractivity contribution is 7.84. The number of halogens is 4. The molecule has 20 heavy (non-hydrogen) atoms. The fourth-order valence-electron chi connectivity index (χ4n) is 1.32. The molecule has 2 atom stereocenters. The minimum absolute atomic E-state index is 0.0162. The Morgan fingerprint density at radius 2 is 2.00 bits per heavy atom. The predicted octanol–water partition coefficient (Wildman–Crippen LogP) is 2.34. The number of benzene rings is 1. The Kier molecular flexibility index (Phi) is 5.27. The van der Waals surface area contributed by atoms with Gasteiger partial charge in [0, 0.05) is 28.9 Å². The van der Waals surface area contributed by atoms with E-state index in [1.165, 1.54) is 6.26 Å². The zero-order valence-corrected chi connectivity index (χ0v) is 11.6. The molecule has 0 aliphatic rings. The zero-order valence-electron chi connectivity index (χ0n) is 10.8. The molecule has 0 bridgehead atoms. The van der Waals surface area contributed by atoms with Crippen molar-refractivity contribution in [2.24, 2.45) is 0 Å². The van der Waals surface area contributed by atoms with Gasteiger partial charge in [-0.25, -0.2) is 4.39 Å². The maximum Gasteiger partial charge on any atom is 0.416 e. The molecule has 1 rings (SSSR count). The lowest BCUT2D eigenvalue weighted by Crippen LogP contribution is -2.33. The van der Waals surface area contributed by atoms with Gasteiger partial charge in [-0.1, -0.05) is 0 Å². The van der Waals surface area contributed by atoms with E-state index in [0.717, 1.165) is 0 Å². The quantitative estimate of drug-likeness (QED) is 0.868. The van der Waals surface area contributed by atoms with E-state index in [0.29, 0.717) is 18.2 Å². The molecule has 1 aromatic rings. The molecule has 0 spiro atoms. The summed E-state index contributed by atoms with van der Waals surface area (Å²) in [5.74, 6) is -2.01. The third kappa shape index (κ3) is 4.29. The van der Waals surface area contributed by atoms with E-state index in [1.807, 2.05) is 0 Å². The van der Waals surface area contributed by atoms with E-state index in [4.69, 9.17) is 0 Å². The van der Waals surface area contributed by atoms with Gasteiger partial charge in [0.15, 0.2) is 0 Å². The first-order valence-corrected chi connectivity index (χ1v) is 7.22. The Bertz CT molecular complexity index is 531. The number of hydrogen-bond acceptors (Lipinski definition) is 2. The molecule has 1 aromatic carbocycles. The molecule has 0 aliphatic heterocycles. The SMILES string of the molecule is CC(CNC(=O)c1cc(C(F)(F)F)ccc1F)S(C)=O. The second kappa shape index (κ2) is 6.34. The summed E-state index contributed by atoms with van der Waals surface area (Å²) in [6, 6.07) is 1.62. The van der Waals surface area contributed by atoms with Crippen molar-refractivity contribution in [3.05, 3.63) is 35.1 Å². The number of nitrogens with one attached hydrogen (secondary N) is 1. The lowest BCUT2D eigenvalue weighted by molar-refractivity contribution is -0.137. The van der Waals surface area contributed by atoms with Crippen LogP contribution < -0.4 is 5.32 Å². The first-order valence-electron chi connectivity index (χ1n) is 5.60. The van der Waals surface area contributed by atoms with E-state index in [1.54, 1.807) is 6.92 Å². The number of rotatable bonds is 4. The lowest BCUT2D eigenvalue weighted by atomic mass is 10.1. The first kappa shape index (κ1) is 16.6. The van der Waals surface area contributed by atoms with E-state index in [2.05, 4.69) is 5.32 Å². The maximum atomic E-state index is 13.4. The molecular weight excluding hydrogens is 298 g/mol. The minimum atomic E-state index is -4.65. The van der Waals surface area contributed by atoms with E-state index < -0.39 is 39.8 Å². The van der Waals surface area contributed by atoms with Crippen molar-refractivity contribution in [2.75, 3.05) is 12.8 Å². The van der Waals surface area contributed by atoms with Crippen molar-refractivity contribution in [1.29, 1.82) is 0 Å². The Balaban J connectivity index is 2.90. The summed E-state index contributed by atoms with van der Waals surface area (Å²) in [4.78, 5) is 11.7. The number of amides is 1. The number of carbonyl (C=O) groups excluding carboxylic acids is 1. The smallest absolute Gasteiger partial charge is 0.351 e. The van der Waals surface area contributed by atoms with Crippen LogP contribution in [0, 0.1) is 5.82 Å². The van der Waals surface area contributed by atoms with Gasteiger partial charge >= 0.3 is 6.18 Å². The molecule has 1 N–H and O–H groups in total. The van der Waals surface area contributed by atoms with E-state index in [-0.39, 0.29) is 11.8 Å². The van der Waals surface area contributed by atoms with Crippen LogP contribution in [0.15, 0.2) is 18.2 Å². The fourth-order valence-corrected chi connectivity index (χ4v) is 1.64. The summed E-state index contributed by atoms with van der Waals surface area (Å²) in [6.45, 7) is 1.58. The summed E-state index contributed by atoms with van der Waals surface area (Å²) in [7, 11) is -1.20. The fraction of sp³-hybridized carbons (Fsp3) is 0.417. The Morgan fingerprint density at radius 1 is 1.40 bits per heavy atom. The van der Waals surface area contributed by atoms with Gasteiger partial charge in [0.25, 0.3) is 5.91 Å². The van der Waals surface area contributed by atoms with Crippen molar-refractivity contribution in [3.63, 3.8) is 0 Å². The van der Waals surface area contributed by atoms with Crippen molar-refractivity contribution in [2.45, 2.75) is 18.3 Å². The van der Waals surface area contributed by atoms with E-state index in [9.17, 15) is 26.6 Å². The van der Waals surface area contributed by atoms with Crippen LogP contribution in [-0.4, -0.2) is 28.2 Å². The average Bonchev–Trinajstić information content (AvgIpc) is 2.34. The van der Waals surface area contributed by atoms with Gasteiger partial charge in [-0.05, 0) is 25.1 Å². The van der Waals surface area contributed by atoms with Crippen LogP contribution in [0.2, 0.25) is 0 Å². The highest BCUT2D eigenvalue weighted by Gasteiger charge is 2.31. The van der Waals surface area contributed by atoms with Gasteiger partial charge in [-0.15, -0.1) is 0 Å². The molecule has 8 heteroatoms. The van der Waals surface area contributed by atoms with Crippen LogP contribution in [0.5, 0.6) is 0 Å². The van der Waals surface area contributed by atoms with Crippen LogP contribution in [-0.2, 0) is 17.0 Å².